The fourth-order valence-corrected chi connectivity index (χ4v) is 10.7. The normalized spacial score (nSPS) is 13.8. The van der Waals surface area contributed by atoms with Crippen LogP contribution in [-0.2, 0) is 36.9 Å². The number of alkyl halides is 5. The summed E-state index contributed by atoms with van der Waals surface area (Å²) in [5.74, 6) is -1.85. The molecule has 26 heteroatoms. The van der Waals surface area contributed by atoms with Gasteiger partial charge in [-0.25, -0.2) is 28.4 Å². The van der Waals surface area contributed by atoms with E-state index in [0.29, 0.717) is 74.2 Å². The molecule has 8 aromatic rings. The fourth-order valence-electron chi connectivity index (χ4n) is 9.43. The average molecular weight is 1190 g/mol. The van der Waals surface area contributed by atoms with Crippen molar-refractivity contribution in [2.24, 2.45) is 0 Å². The van der Waals surface area contributed by atoms with E-state index in [0.717, 1.165) is 34.6 Å². The van der Waals surface area contributed by atoms with Crippen LogP contribution in [0, 0.1) is 0 Å². The minimum Gasteiger partial charge on any atom is -0.444 e. The standard InChI is InChI=1S/C59H61F5N12O8S/c1-2-74-56(80)44-29-39-11-6-7-12-40(39)30-45(44)72-58(74)85-52(38-9-4-3-5-10-38)57(81)75-24-8-13-43(75)33-68-50(78)19-18-49(77)67-23-26-83-28-27-82-25-22-65-32-37-14-16-42(17-15-37)76-34-46(51(73-76)53(60)61)70-54(79)47-35-84-55(71-47)41-20-21-66-48(31-41)69-36-59(62,63)64/h3-7,9-12,14-17,20-21,29-31,34-35,43,52-53,65H,2,8,13,18-19,22-28,32-33,36H2,1H3,(H,66,69)(H,67,77)(H,68,78)(H,70,79)/t43-,52?/m1/s1. The van der Waals surface area contributed by atoms with E-state index < -0.39 is 36.0 Å². The van der Waals surface area contributed by atoms with Crippen molar-refractivity contribution >= 4 is 68.6 Å². The highest BCUT2D eigenvalue weighted by atomic mass is 32.2. The molecule has 0 spiro atoms. The molecule has 0 aliphatic carbocycles. The molecule has 4 amide bonds. The number of benzene rings is 4. The Morgan fingerprint density at radius 3 is 2.29 bits per heavy atom. The van der Waals surface area contributed by atoms with Gasteiger partial charge < -0.3 is 45.4 Å². The summed E-state index contributed by atoms with van der Waals surface area (Å²) in [4.78, 5) is 81.6. The number of nitrogens with zero attached hydrogens (tertiary/aromatic N) is 7. The first-order valence-electron chi connectivity index (χ1n) is 27.5. The molecule has 0 saturated carbocycles. The van der Waals surface area contributed by atoms with Gasteiger partial charge in [0.1, 0.15) is 23.9 Å². The number of thioether (sulfide) groups is 1. The van der Waals surface area contributed by atoms with E-state index in [2.05, 4.69) is 41.7 Å². The average Bonchev–Trinajstić information content (AvgIpc) is 2.42. The lowest BCUT2D eigenvalue weighted by Gasteiger charge is -2.29. The second-order valence-corrected chi connectivity index (χ2v) is 20.8. The summed E-state index contributed by atoms with van der Waals surface area (Å²) in [7, 11) is 0. The van der Waals surface area contributed by atoms with Crippen molar-refractivity contribution < 1.29 is 55.0 Å². The summed E-state index contributed by atoms with van der Waals surface area (Å²) in [6.07, 6.45) is -2.67. The summed E-state index contributed by atoms with van der Waals surface area (Å²) in [6, 6.07) is 30.3. The van der Waals surface area contributed by atoms with Crippen LogP contribution in [0.25, 0.3) is 38.8 Å². The molecular weight excluding hydrogens is 1130 g/mol. The van der Waals surface area contributed by atoms with Crippen molar-refractivity contribution in [1.29, 1.82) is 0 Å². The number of ether oxygens (including phenoxy) is 2. The highest BCUT2D eigenvalue weighted by Crippen LogP contribution is 2.38. The molecule has 85 heavy (non-hydrogen) atoms. The number of carbonyl (C=O) groups excluding carboxylic acids is 4. The molecule has 2 atom stereocenters. The van der Waals surface area contributed by atoms with Crippen LogP contribution in [0.5, 0.6) is 0 Å². The number of amides is 4. The predicted octanol–water partition coefficient (Wildman–Crippen LogP) is 8.63. The second-order valence-electron chi connectivity index (χ2n) is 19.7. The number of halogens is 5. The van der Waals surface area contributed by atoms with Crippen molar-refractivity contribution in [2.75, 3.05) is 69.8 Å². The van der Waals surface area contributed by atoms with Crippen LogP contribution >= 0.6 is 11.8 Å². The van der Waals surface area contributed by atoms with Crippen LogP contribution in [0.3, 0.4) is 0 Å². The SMILES string of the molecule is CCn1c(SC(C(=O)N2CCC[C@@H]2CNC(=O)CCC(=O)NCCOCCOCCNCc2ccc(-n3cc(NC(=O)c4coc(-c5ccnc(NCC(F)(F)F)c5)n4)c(C(F)F)n3)cc2)c2ccccc2)nc2cc3ccccc3cc2c1=O. The molecule has 446 valence electrons. The molecule has 4 aromatic heterocycles. The topological polar surface area (TPSA) is 242 Å². The molecule has 0 radical (unpaired) electrons. The van der Waals surface area contributed by atoms with Gasteiger partial charge in [0.05, 0.1) is 54.9 Å². The fraction of sp³-hybridized carbons (Fsp3) is 0.339. The van der Waals surface area contributed by atoms with Gasteiger partial charge in [0.25, 0.3) is 17.9 Å². The first kappa shape index (κ1) is 61.0. The van der Waals surface area contributed by atoms with Crippen LogP contribution in [-0.4, -0.2) is 129 Å². The number of rotatable bonds is 28. The van der Waals surface area contributed by atoms with Crippen molar-refractivity contribution in [3.8, 4) is 17.1 Å². The minimum atomic E-state index is -4.48. The largest absolute Gasteiger partial charge is 0.444 e. The van der Waals surface area contributed by atoms with Gasteiger partial charge in [-0.1, -0.05) is 78.5 Å². The van der Waals surface area contributed by atoms with E-state index in [1.165, 1.54) is 41.0 Å². The number of pyridine rings is 1. The van der Waals surface area contributed by atoms with Crippen molar-refractivity contribution in [3.05, 3.63) is 155 Å². The number of nitrogens with one attached hydrogen (secondary N) is 5. The minimum absolute atomic E-state index is 0.0235. The van der Waals surface area contributed by atoms with E-state index in [9.17, 15) is 45.9 Å². The molecule has 1 aliphatic rings. The van der Waals surface area contributed by atoms with Crippen LogP contribution in [0.1, 0.15) is 71.6 Å². The van der Waals surface area contributed by atoms with Crippen molar-refractivity contribution in [1.82, 2.24) is 50.1 Å². The Labute approximate surface area is 488 Å². The molecule has 1 unspecified atom stereocenters. The van der Waals surface area contributed by atoms with Gasteiger partial charge in [-0.2, -0.15) is 18.3 Å². The van der Waals surface area contributed by atoms with Crippen molar-refractivity contribution in [3.63, 3.8) is 0 Å². The summed E-state index contributed by atoms with van der Waals surface area (Å²) in [6.45, 7) is 4.14. The predicted molar refractivity (Wildman–Crippen MR) is 308 cm³/mol. The Bertz CT molecular complexity index is 3660. The van der Waals surface area contributed by atoms with E-state index >= 15 is 0 Å². The van der Waals surface area contributed by atoms with Gasteiger partial charge in [-0.15, -0.1) is 0 Å². The van der Waals surface area contributed by atoms with Crippen LogP contribution in [0.15, 0.2) is 136 Å². The van der Waals surface area contributed by atoms with Crippen LogP contribution in [0.2, 0.25) is 0 Å². The van der Waals surface area contributed by atoms with Crippen molar-refractivity contribution in [2.45, 2.75) is 74.7 Å². The van der Waals surface area contributed by atoms with Gasteiger partial charge >= 0.3 is 6.18 Å². The number of hydrogen-bond donors (Lipinski definition) is 5. The first-order valence-corrected chi connectivity index (χ1v) is 28.3. The molecule has 20 nitrogen and oxygen atoms in total. The van der Waals surface area contributed by atoms with Gasteiger partial charge in [0.2, 0.25) is 23.6 Å². The summed E-state index contributed by atoms with van der Waals surface area (Å²) < 4.78 is 85.4. The molecule has 5 N–H and O–H groups in total. The van der Waals surface area contributed by atoms with E-state index in [4.69, 9.17) is 18.9 Å². The maximum Gasteiger partial charge on any atom is 0.405 e. The number of aromatic nitrogens is 6. The molecule has 1 aliphatic heterocycles. The second kappa shape index (κ2) is 28.8. The third kappa shape index (κ3) is 16.4. The smallest absolute Gasteiger partial charge is 0.405 e. The Morgan fingerprint density at radius 2 is 1.56 bits per heavy atom. The molecule has 1 saturated heterocycles. The molecule has 0 bridgehead atoms. The summed E-state index contributed by atoms with van der Waals surface area (Å²) in [5.41, 5.74) is 1.47. The highest BCUT2D eigenvalue weighted by molar-refractivity contribution is 8.00. The molecular formula is C59H61F5N12O8S. The van der Waals surface area contributed by atoms with Gasteiger partial charge in [-0.3, -0.25) is 28.5 Å². The number of anilines is 2. The Hall–Kier alpha value is -8.59. The zero-order valence-corrected chi connectivity index (χ0v) is 46.9. The highest BCUT2D eigenvalue weighted by Gasteiger charge is 2.36. The Kier molecular flexibility index (Phi) is 20.7. The van der Waals surface area contributed by atoms with E-state index in [1.54, 1.807) is 28.8 Å². The lowest BCUT2D eigenvalue weighted by Crippen LogP contribution is -2.44. The molecule has 4 aromatic carbocycles. The lowest BCUT2D eigenvalue weighted by atomic mass is 10.1. The summed E-state index contributed by atoms with van der Waals surface area (Å²) >= 11 is 1.25. The maximum absolute atomic E-state index is 14.5. The van der Waals surface area contributed by atoms with Gasteiger partial charge in [-0.05, 0) is 78.1 Å². The number of oxazole rings is 1. The quantitative estimate of drug-likeness (QED) is 0.0101. The molecule has 1 fully saturated rings. The Balaban J connectivity index is 0.637. The summed E-state index contributed by atoms with van der Waals surface area (Å²) in [5, 5.41) is 19.6. The maximum atomic E-state index is 14.5. The zero-order chi connectivity index (χ0) is 59.9. The first-order chi connectivity index (χ1) is 41.1. The van der Waals surface area contributed by atoms with Crippen LogP contribution in [0.4, 0.5) is 33.5 Å². The third-order valence-electron chi connectivity index (χ3n) is 13.7. The monoisotopic (exact) mass is 1190 g/mol. The zero-order valence-electron chi connectivity index (χ0n) is 46.1. The van der Waals surface area contributed by atoms with E-state index in [1.807, 2.05) is 78.6 Å². The third-order valence-corrected chi connectivity index (χ3v) is 15.0. The Morgan fingerprint density at radius 1 is 0.847 bits per heavy atom. The van der Waals surface area contributed by atoms with Gasteiger partial charge in [0, 0.05) is 69.9 Å². The number of fused-ring (bicyclic) bond motifs is 2. The number of hydrogen-bond acceptors (Lipinski definition) is 15. The molecule has 5 heterocycles. The lowest BCUT2D eigenvalue weighted by molar-refractivity contribution is -0.132. The van der Waals surface area contributed by atoms with Crippen LogP contribution < -0.4 is 32.1 Å². The number of carbonyl (C=O) groups is 4. The van der Waals surface area contributed by atoms with Gasteiger partial charge in [0.15, 0.2) is 16.5 Å². The van der Waals surface area contributed by atoms with E-state index in [-0.39, 0.29) is 90.5 Å². The molecule has 9 rings (SSSR count). The number of likely N-dealkylation sites (tertiary alicyclic amines) is 1.